The molecule has 8 aromatic rings. The molecule has 0 aliphatic carbocycles. The van der Waals surface area contributed by atoms with E-state index >= 15 is 0 Å². The van der Waals surface area contributed by atoms with Crippen LogP contribution >= 0.6 is 0 Å². The number of rotatable bonds is 1. The number of fused-ring (bicyclic) bond motifs is 7. The summed E-state index contributed by atoms with van der Waals surface area (Å²) in [6.45, 7) is 2.24. The van der Waals surface area contributed by atoms with Gasteiger partial charge in [-0.3, -0.25) is 0 Å². The lowest BCUT2D eigenvalue weighted by Crippen LogP contribution is -1.98. The average molecular weight is 434 g/mol. The van der Waals surface area contributed by atoms with Crippen LogP contribution in [-0.4, -0.2) is 14.4 Å². The van der Waals surface area contributed by atoms with Crippen molar-refractivity contribution >= 4 is 59.9 Å². The first kappa shape index (κ1) is 18.0. The maximum atomic E-state index is 4.86. The molecule has 0 radical (unpaired) electrons. The fourth-order valence-electron chi connectivity index (χ4n) is 5.97. The molecular weight excluding hydrogens is 414 g/mol. The molecule has 5 aromatic carbocycles. The molecule has 34 heavy (non-hydrogen) atoms. The predicted octanol–water partition coefficient (Wildman–Crippen LogP) is 7.91. The van der Waals surface area contributed by atoms with Gasteiger partial charge in [0.1, 0.15) is 6.33 Å². The molecule has 0 amide bonds. The molecule has 3 heterocycles. The van der Waals surface area contributed by atoms with Gasteiger partial charge in [-0.1, -0.05) is 72.8 Å². The van der Waals surface area contributed by atoms with Crippen LogP contribution in [0.4, 0.5) is 0 Å². The van der Waals surface area contributed by atoms with Crippen molar-refractivity contribution in [2.45, 2.75) is 6.92 Å². The predicted molar refractivity (Wildman–Crippen MR) is 142 cm³/mol. The number of para-hydroxylation sites is 1. The van der Waals surface area contributed by atoms with Gasteiger partial charge in [0.2, 0.25) is 0 Å². The van der Waals surface area contributed by atoms with E-state index in [-0.39, 0.29) is 0 Å². The zero-order valence-corrected chi connectivity index (χ0v) is 18.6. The summed E-state index contributed by atoms with van der Waals surface area (Å²) in [5.41, 5.74) is 9.35. The van der Waals surface area contributed by atoms with Gasteiger partial charge in [0.05, 0.1) is 33.0 Å². The molecule has 0 saturated heterocycles. The molecule has 158 valence electrons. The Hall–Kier alpha value is -4.50. The van der Waals surface area contributed by atoms with Crippen molar-refractivity contribution in [3.05, 3.63) is 103 Å². The van der Waals surface area contributed by atoms with E-state index in [1.165, 1.54) is 60.2 Å². The van der Waals surface area contributed by atoms with Gasteiger partial charge < -0.3 is 4.40 Å². The summed E-state index contributed by atoms with van der Waals surface area (Å²) in [6, 6.07) is 32.6. The fraction of sp³-hybridized carbons (Fsp3) is 0.0323. The van der Waals surface area contributed by atoms with Crippen LogP contribution in [0.2, 0.25) is 0 Å². The summed E-state index contributed by atoms with van der Waals surface area (Å²) in [5.74, 6) is 0. The highest BCUT2D eigenvalue weighted by molar-refractivity contribution is 6.31. The van der Waals surface area contributed by atoms with Crippen molar-refractivity contribution < 1.29 is 0 Å². The highest BCUT2D eigenvalue weighted by Crippen LogP contribution is 2.45. The largest absolute Gasteiger partial charge is 0.307 e. The maximum absolute atomic E-state index is 4.86. The summed E-state index contributed by atoms with van der Waals surface area (Å²) in [5, 5.41) is 7.35. The highest BCUT2D eigenvalue weighted by Gasteiger charge is 2.23. The van der Waals surface area contributed by atoms with E-state index in [4.69, 9.17) is 9.97 Å². The lowest BCUT2D eigenvalue weighted by Gasteiger charge is -2.16. The second-order valence-corrected chi connectivity index (χ2v) is 9.10. The third kappa shape index (κ3) is 2.12. The Morgan fingerprint density at radius 1 is 0.647 bits per heavy atom. The number of benzene rings is 5. The van der Waals surface area contributed by atoms with Gasteiger partial charge in [-0.2, -0.15) is 0 Å². The molecule has 0 N–H and O–H groups in total. The first-order chi connectivity index (χ1) is 16.8. The Balaban J connectivity index is 1.78. The standard InChI is InChI=1S/C31H19N3/c1-18-21-12-6-5-11-20(21)15-24-29-28-25(32-17-33-29)16-23(19-9-3-2-4-10-19)27-22-13-7-8-14-26(22)34(30(18)24)31(27)28/h2-17H,1H3. The minimum absolute atomic E-state index is 0.983. The highest BCUT2D eigenvalue weighted by atomic mass is 14.9. The molecule has 8 rings (SSSR count). The van der Waals surface area contributed by atoms with E-state index in [0.29, 0.717) is 0 Å². The Bertz CT molecular complexity index is 2070. The van der Waals surface area contributed by atoms with E-state index < -0.39 is 0 Å². The molecule has 0 atom stereocenters. The summed E-state index contributed by atoms with van der Waals surface area (Å²) in [4.78, 5) is 9.61. The fourth-order valence-corrected chi connectivity index (χ4v) is 5.97. The first-order valence-corrected chi connectivity index (χ1v) is 11.6. The second-order valence-electron chi connectivity index (χ2n) is 9.10. The van der Waals surface area contributed by atoms with Crippen molar-refractivity contribution in [1.29, 1.82) is 0 Å². The molecule has 3 heteroatoms. The second kappa shape index (κ2) is 6.30. The van der Waals surface area contributed by atoms with Gasteiger partial charge in [-0.05, 0) is 52.6 Å². The minimum Gasteiger partial charge on any atom is -0.307 e. The lowest BCUT2D eigenvalue weighted by molar-refractivity contribution is 1.25. The zero-order chi connectivity index (χ0) is 22.4. The van der Waals surface area contributed by atoms with Crippen molar-refractivity contribution in [2.75, 3.05) is 0 Å². The monoisotopic (exact) mass is 433 g/mol. The summed E-state index contributed by atoms with van der Waals surface area (Å²) >= 11 is 0. The molecule has 3 nitrogen and oxygen atoms in total. The van der Waals surface area contributed by atoms with E-state index in [0.717, 1.165) is 16.4 Å². The summed E-state index contributed by atoms with van der Waals surface area (Å²) in [7, 11) is 0. The maximum Gasteiger partial charge on any atom is 0.116 e. The Labute approximate surface area is 195 Å². The van der Waals surface area contributed by atoms with Crippen LogP contribution in [0.15, 0.2) is 97.3 Å². The van der Waals surface area contributed by atoms with E-state index in [1.54, 1.807) is 6.33 Å². The molecule has 0 aliphatic heterocycles. The lowest BCUT2D eigenvalue weighted by atomic mass is 9.94. The van der Waals surface area contributed by atoms with Gasteiger partial charge in [0, 0.05) is 16.2 Å². The number of hydrogen-bond acceptors (Lipinski definition) is 2. The zero-order valence-electron chi connectivity index (χ0n) is 18.6. The third-order valence-electron chi connectivity index (χ3n) is 7.38. The van der Waals surface area contributed by atoms with Crippen molar-refractivity contribution in [3.8, 4) is 11.1 Å². The van der Waals surface area contributed by atoms with Crippen molar-refractivity contribution in [1.82, 2.24) is 14.4 Å². The van der Waals surface area contributed by atoms with Crippen LogP contribution in [0.5, 0.6) is 0 Å². The van der Waals surface area contributed by atoms with E-state index in [9.17, 15) is 0 Å². The van der Waals surface area contributed by atoms with Crippen molar-refractivity contribution in [3.63, 3.8) is 0 Å². The van der Waals surface area contributed by atoms with Gasteiger partial charge in [0.25, 0.3) is 0 Å². The van der Waals surface area contributed by atoms with Gasteiger partial charge in [0.15, 0.2) is 0 Å². The van der Waals surface area contributed by atoms with Crippen LogP contribution in [0.3, 0.4) is 0 Å². The number of nitrogens with zero attached hydrogens (tertiary/aromatic N) is 3. The molecule has 0 aliphatic rings. The van der Waals surface area contributed by atoms with Crippen LogP contribution in [-0.2, 0) is 0 Å². The van der Waals surface area contributed by atoms with Gasteiger partial charge >= 0.3 is 0 Å². The molecule has 0 unspecified atom stereocenters. The molecule has 0 saturated carbocycles. The number of aromatic nitrogens is 3. The molecule has 0 fully saturated rings. The first-order valence-electron chi connectivity index (χ1n) is 11.6. The SMILES string of the molecule is Cc1c2ccccc2cc2c3ncnc4cc(-c5ccccc5)c5c6ccccc6n(c12)c5c43. The van der Waals surface area contributed by atoms with Crippen LogP contribution < -0.4 is 0 Å². The van der Waals surface area contributed by atoms with Gasteiger partial charge in [-0.15, -0.1) is 0 Å². The van der Waals surface area contributed by atoms with Crippen LogP contribution in [0.1, 0.15) is 5.56 Å². The quantitative estimate of drug-likeness (QED) is 0.194. The Morgan fingerprint density at radius 2 is 1.41 bits per heavy atom. The molecule has 0 spiro atoms. The molecule has 0 bridgehead atoms. The average Bonchev–Trinajstić information content (AvgIpc) is 3.24. The van der Waals surface area contributed by atoms with Crippen LogP contribution in [0.25, 0.3) is 71.0 Å². The summed E-state index contributed by atoms with van der Waals surface area (Å²) < 4.78 is 2.47. The Morgan fingerprint density at radius 3 is 2.29 bits per heavy atom. The minimum atomic E-state index is 0.983. The van der Waals surface area contributed by atoms with E-state index in [1.807, 2.05) is 0 Å². The third-order valence-corrected chi connectivity index (χ3v) is 7.38. The number of pyridine rings is 1. The smallest absolute Gasteiger partial charge is 0.116 e. The normalized spacial score (nSPS) is 12.3. The van der Waals surface area contributed by atoms with Crippen LogP contribution in [0, 0.1) is 6.92 Å². The topological polar surface area (TPSA) is 30.2 Å². The van der Waals surface area contributed by atoms with Gasteiger partial charge in [-0.25, -0.2) is 9.97 Å². The van der Waals surface area contributed by atoms with E-state index in [2.05, 4.69) is 102 Å². The summed E-state index contributed by atoms with van der Waals surface area (Å²) in [6.07, 6.45) is 1.71. The Kier molecular flexibility index (Phi) is 3.33. The number of hydrogen-bond donors (Lipinski definition) is 0. The molecule has 3 aromatic heterocycles. The number of aryl methyl sites for hydroxylation is 1. The van der Waals surface area contributed by atoms with Crippen molar-refractivity contribution in [2.24, 2.45) is 0 Å². The molecular formula is C31H19N3.